The van der Waals surface area contributed by atoms with Gasteiger partial charge in [0.15, 0.2) is 5.82 Å². The summed E-state index contributed by atoms with van der Waals surface area (Å²) < 4.78 is 11.6. The van der Waals surface area contributed by atoms with Gasteiger partial charge in [-0.05, 0) is 50.4 Å². The Morgan fingerprint density at radius 2 is 2.14 bits per heavy atom. The zero-order valence-corrected chi connectivity index (χ0v) is 17.5. The summed E-state index contributed by atoms with van der Waals surface area (Å²) in [6.45, 7) is 3.18. The number of carbonyl (C=O) groups excluding carboxylic acids is 1. The van der Waals surface area contributed by atoms with Crippen molar-refractivity contribution >= 4 is 17.2 Å². The third-order valence-electron chi connectivity index (χ3n) is 6.46. The van der Waals surface area contributed by atoms with E-state index in [1.54, 1.807) is 11.3 Å². The maximum Gasteiger partial charge on any atom is 0.261 e. The number of hydrogen-bond donors (Lipinski definition) is 2. The van der Waals surface area contributed by atoms with Crippen molar-refractivity contribution in [3.8, 4) is 0 Å². The Hall–Kier alpha value is -1.77. The van der Waals surface area contributed by atoms with Crippen molar-refractivity contribution in [2.75, 3.05) is 26.2 Å². The number of nitrogens with zero attached hydrogens (tertiary/aromatic N) is 2. The lowest BCUT2D eigenvalue weighted by atomic mass is 9.83. The van der Waals surface area contributed by atoms with Crippen LogP contribution in [0.2, 0.25) is 0 Å². The second-order valence-electron chi connectivity index (χ2n) is 8.33. The summed E-state index contributed by atoms with van der Waals surface area (Å²) in [5.41, 5.74) is 1.04. The van der Waals surface area contributed by atoms with Crippen molar-refractivity contribution in [3.63, 3.8) is 0 Å². The molecule has 1 saturated heterocycles. The van der Waals surface area contributed by atoms with Crippen LogP contribution in [-0.4, -0.2) is 42.3 Å². The molecule has 0 bridgehead atoms. The van der Waals surface area contributed by atoms with Crippen molar-refractivity contribution in [1.29, 1.82) is 0 Å². The van der Waals surface area contributed by atoms with E-state index < -0.39 is 0 Å². The molecule has 0 radical (unpaired) electrons. The number of aromatic nitrogens is 2. The number of rotatable bonds is 5. The standard InChI is InChI=1S/C21H28N4O3S/c26-19(23-9-5-18-24-20(28-25-18)14-3-1-2-4-14)17-13-15-16(29-17)6-12-27-21(15)7-10-22-11-8-21/h13-14,22H,1-12H2,(H,23,26). The highest BCUT2D eigenvalue weighted by atomic mass is 32.1. The van der Waals surface area contributed by atoms with Gasteiger partial charge in [-0.15, -0.1) is 11.3 Å². The number of thiophene rings is 1. The molecule has 4 heterocycles. The van der Waals surface area contributed by atoms with Gasteiger partial charge < -0.3 is 19.9 Å². The molecule has 3 aliphatic rings. The van der Waals surface area contributed by atoms with Crippen molar-refractivity contribution in [2.24, 2.45) is 0 Å². The van der Waals surface area contributed by atoms with Crippen LogP contribution >= 0.6 is 11.3 Å². The van der Waals surface area contributed by atoms with E-state index >= 15 is 0 Å². The number of nitrogens with one attached hydrogen (secondary N) is 2. The lowest BCUT2D eigenvalue weighted by Crippen LogP contribution is -2.44. The van der Waals surface area contributed by atoms with Crippen LogP contribution in [0, 0.1) is 0 Å². The lowest BCUT2D eigenvalue weighted by Gasteiger charge is -2.40. The predicted molar refractivity (Wildman–Crippen MR) is 109 cm³/mol. The molecule has 7 nitrogen and oxygen atoms in total. The van der Waals surface area contributed by atoms with Gasteiger partial charge in [-0.25, -0.2) is 0 Å². The Morgan fingerprint density at radius 1 is 1.31 bits per heavy atom. The summed E-state index contributed by atoms with van der Waals surface area (Å²) in [6, 6.07) is 2.06. The summed E-state index contributed by atoms with van der Waals surface area (Å²) in [6.07, 6.45) is 8.20. The van der Waals surface area contributed by atoms with E-state index in [2.05, 4.69) is 26.8 Å². The first-order valence-electron chi connectivity index (χ1n) is 10.8. The van der Waals surface area contributed by atoms with Gasteiger partial charge in [-0.3, -0.25) is 4.79 Å². The second kappa shape index (κ2) is 8.16. The minimum absolute atomic E-state index is 0.0204. The van der Waals surface area contributed by atoms with Crippen molar-refractivity contribution in [2.45, 2.75) is 62.9 Å². The fourth-order valence-corrected chi connectivity index (χ4v) is 6.00. The van der Waals surface area contributed by atoms with Crippen LogP contribution in [-0.2, 0) is 23.2 Å². The van der Waals surface area contributed by atoms with Crippen molar-refractivity contribution in [3.05, 3.63) is 33.1 Å². The molecule has 8 heteroatoms. The molecule has 156 valence electrons. The molecule has 1 saturated carbocycles. The zero-order valence-electron chi connectivity index (χ0n) is 16.7. The molecule has 5 rings (SSSR count). The smallest absolute Gasteiger partial charge is 0.261 e. The number of piperidine rings is 1. The van der Waals surface area contributed by atoms with Crippen molar-refractivity contribution < 1.29 is 14.1 Å². The zero-order chi connectivity index (χ0) is 19.7. The van der Waals surface area contributed by atoms with Crippen LogP contribution in [0.5, 0.6) is 0 Å². The van der Waals surface area contributed by atoms with Crippen LogP contribution in [0.4, 0.5) is 0 Å². The first-order valence-corrected chi connectivity index (χ1v) is 11.6. The van der Waals surface area contributed by atoms with Gasteiger partial charge in [-0.2, -0.15) is 4.98 Å². The molecule has 2 aliphatic heterocycles. The Balaban J connectivity index is 1.20. The molecule has 2 aromatic heterocycles. The number of carbonyl (C=O) groups is 1. The highest BCUT2D eigenvalue weighted by Crippen LogP contribution is 2.43. The first-order chi connectivity index (χ1) is 14.2. The summed E-state index contributed by atoms with van der Waals surface area (Å²) in [4.78, 5) is 19.3. The SMILES string of the molecule is O=C(NCCc1noc(C2CCCC2)n1)c1cc2c(s1)CCOC21CCNCC1. The van der Waals surface area contributed by atoms with Gasteiger partial charge in [0.2, 0.25) is 5.89 Å². The lowest BCUT2D eigenvalue weighted by molar-refractivity contribution is -0.0792. The van der Waals surface area contributed by atoms with Gasteiger partial charge in [0.1, 0.15) is 0 Å². The highest BCUT2D eigenvalue weighted by Gasteiger charge is 2.40. The third-order valence-corrected chi connectivity index (χ3v) is 7.66. The van der Waals surface area contributed by atoms with Crippen molar-refractivity contribution in [1.82, 2.24) is 20.8 Å². The van der Waals surface area contributed by atoms with Crippen LogP contribution in [0.15, 0.2) is 10.6 Å². The molecule has 1 aliphatic carbocycles. The van der Waals surface area contributed by atoms with E-state index in [1.165, 1.54) is 23.3 Å². The molecule has 2 N–H and O–H groups in total. The largest absolute Gasteiger partial charge is 0.370 e. The molecule has 1 spiro atoms. The van der Waals surface area contributed by atoms with Gasteiger partial charge in [0, 0.05) is 30.2 Å². The number of hydrogen-bond acceptors (Lipinski definition) is 7. The minimum atomic E-state index is -0.199. The molecule has 0 aromatic carbocycles. The van der Waals surface area contributed by atoms with Crippen LogP contribution in [0.1, 0.15) is 76.3 Å². The Kier molecular flexibility index (Phi) is 5.41. The highest BCUT2D eigenvalue weighted by molar-refractivity contribution is 7.14. The van der Waals surface area contributed by atoms with Crippen LogP contribution in [0.25, 0.3) is 0 Å². The van der Waals surface area contributed by atoms with Gasteiger partial charge >= 0.3 is 0 Å². The minimum Gasteiger partial charge on any atom is -0.370 e. The van der Waals surface area contributed by atoms with Gasteiger partial charge in [-0.1, -0.05) is 18.0 Å². The van der Waals surface area contributed by atoms with E-state index in [1.807, 2.05) is 0 Å². The molecule has 2 aromatic rings. The second-order valence-corrected chi connectivity index (χ2v) is 9.46. The first kappa shape index (κ1) is 19.2. The van der Waals surface area contributed by atoms with E-state index in [9.17, 15) is 4.79 Å². The number of amides is 1. The average molecular weight is 417 g/mol. The fourth-order valence-electron chi connectivity index (χ4n) is 4.86. The third kappa shape index (κ3) is 3.85. The average Bonchev–Trinajstić information content (AvgIpc) is 3.49. The molecule has 0 unspecified atom stereocenters. The topological polar surface area (TPSA) is 89.3 Å². The normalized spacial score (nSPS) is 21.4. The molecular formula is C21H28N4O3S. The molecule has 1 amide bonds. The summed E-state index contributed by atoms with van der Waals surface area (Å²) in [7, 11) is 0. The van der Waals surface area contributed by atoms with Crippen LogP contribution in [0.3, 0.4) is 0 Å². The number of ether oxygens (including phenoxy) is 1. The fraction of sp³-hybridized carbons (Fsp3) is 0.667. The summed E-state index contributed by atoms with van der Waals surface area (Å²) in [5, 5.41) is 10.5. The molecule has 0 atom stereocenters. The van der Waals surface area contributed by atoms with E-state index in [-0.39, 0.29) is 11.5 Å². The quantitative estimate of drug-likeness (QED) is 0.779. The van der Waals surface area contributed by atoms with Gasteiger partial charge in [0.25, 0.3) is 5.91 Å². The maximum absolute atomic E-state index is 12.7. The molecular weight excluding hydrogens is 388 g/mol. The maximum atomic E-state index is 12.7. The summed E-state index contributed by atoms with van der Waals surface area (Å²) >= 11 is 1.62. The molecule has 29 heavy (non-hydrogen) atoms. The van der Waals surface area contributed by atoms with Gasteiger partial charge in [0.05, 0.1) is 17.1 Å². The monoisotopic (exact) mass is 416 g/mol. The Morgan fingerprint density at radius 3 is 2.97 bits per heavy atom. The summed E-state index contributed by atoms with van der Waals surface area (Å²) in [5.74, 6) is 1.85. The van der Waals surface area contributed by atoms with E-state index in [4.69, 9.17) is 9.26 Å². The van der Waals surface area contributed by atoms with Crippen LogP contribution < -0.4 is 10.6 Å². The van der Waals surface area contributed by atoms with E-state index in [0.29, 0.717) is 24.7 Å². The van der Waals surface area contributed by atoms with E-state index in [0.717, 1.165) is 62.6 Å². The predicted octanol–water partition coefficient (Wildman–Crippen LogP) is 2.91. The molecule has 2 fully saturated rings. The Labute approximate surface area is 174 Å². The number of fused-ring (bicyclic) bond motifs is 2. The Bertz CT molecular complexity index is 865.